The number of nitrogens with zero attached hydrogens (tertiary/aromatic N) is 2. The van der Waals surface area contributed by atoms with Crippen molar-refractivity contribution in [2.24, 2.45) is 0 Å². The average Bonchev–Trinajstić information content (AvgIpc) is 3.43. The van der Waals surface area contributed by atoms with Crippen LogP contribution < -0.4 is 0 Å². The van der Waals surface area contributed by atoms with Crippen molar-refractivity contribution < 1.29 is 14.3 Å². The molecule has 0 spiro atoms. The van der Waals surface area contributed by atoms with Crippen LogP contribution >= 0.6 is 22.9 Å². The van der Waals surface area contributed by atoms with E-state index in [1.165, 1.54) is 4.88 Å². The summed E-state index contributed by atoms with van der Waals surface area (Å²) in [6.07, 6.45) is 1.47. The lowest BCUT2D eigenvalue weighted by molar-refractivity contribution is -0.134. The van der Waals surface area contributed by atoms with Crippen LogP contribution in [0.25, 0.3) is 10.8 Å². The minimum absolute atomic E-state index is 0.0116. The molecule has 5 rings (SSSR count). The lowest BCUT2D eigenvalue weighted by atomic mass is 9.93. The Morgan fingerprint density at radius 3 is 2.66 bits per heavy atom. The first-order valence-corrected chi connectivity index (χ1v) is 14.3. The van der Waals surface area contributed by atoms with Gasteiger partial charge in [-0.05, 0) is 71.3 Å². The van der Waals surface area contributed by atoms with Gasteiger partial charge >= 0.3 is 0 Å². The highest BCUT2D eigenvalue weighted by Crippen LogP contribution is 2.38. The number of thiophene rings is 1. The quantitative estimate of drug-likeness (QED) is 0.222. The molecular formula is C31H31ClN2O3S. The summed E-state index contributed by atoms with van der Waals surface area (Å²) in [6.45, 7) is 4.17. The van der Waals surface area contributed by atoms with Crippen molar-refractivity contribution >= 4 is 45.5 Å². The lowest BCUT2D eigenvalue weighted by Crippen LogP contribution is -2.47. The molecule has 0 saturated carbocycles. The lowest BCUT2D eigenvalue weighted by Gasteiger charge is -2.37. The maximum atomic E-state index is 14.0. The summed E-state index contributed by atoms with van der Waals surface area (Å²) in [5.74, 6) is -0.199. The monoisotopic (exact) mass is 546 g/mol. The minimum Gasteiger partial charge on any atom is -0.382 e. The van der Waals surface area contributed by atoms with Crippen molar-refractivity contribution in [2.45, 2.75) is 25.8 Å². The van der Waals surface area contributed by atoms with Gasteiger partial charge in [0.1, 0.15) is 6.54 Å². The van der Waals surface area contributed by atoms with Gasteiger partial charge < -0.3 is 14.5 Å². The number of rotatable bonds is 9. The highest BCUT2D eigenvalue weighted by molar-refractivity contribution is 7.10. The van der Waals surface area contributed by atoms with Crippen molar-refractivity contribution in [2.75, 3.05) is 32.8 Å². The maximum absolute atomic E-state index is 14.0. The van der Waals surface area contributed by atoms with Gasteiger partial charge in [0, 0.05) is 41.8 Å². The van der Waals surface area contributed by atoms with Crippen LogP contribution in [0.3, 0.4) is 0 Å². The number of hydrogen-bond acceptors (Lipinski definition) is 4. The molecule has 1 aliphatic rings. The van der Waals surface area contributed by atoms with Gasteiger partial charge in [0.25, 0.3) is 5.91 Å². The van der Waals surface area contributed by atoms with Crippen LogP contribution in [0, 0.1) is 0 Å². The third kappa shape index (κ3) is 5.63. The zero-order chi connectivity index (χ0) is 26.5. The molecule has 2 amide bonds. The van der Waals surface area contributed by atoms with E-state index in [0.29, 0.717) is 43.3 Å². The smallest absolute Gasteiger partial charge is 0.254 e. The molecule has 2 heterocycles. The van der Waals surface area contributed by atoms with Gasteiger partial charge in [-0.3, -0.25) is 9.59 Å². The normalized spacial score (nSPS) is 14.9. The molecule has 7 heteroatoms. The van der Waals surface area contributed by atoms with Crippen LogP contribution in [0.2, 0.25) is 5.02 Å². The molecule has 0 saturated heterocycles. The number of ether oxygens (including phenoxy) is 1. The van der Waals surface area contributed by atoms with E-state index in [9.17, 15) is 9.59 Å². The molecule has 196 valence electrons. The molecule has 1 aromatic heterocycles. The van der Waals surface area contributed by atoms with Gasteiger partial charge in [-0.25, -0.2) is 0 Å². The van der Waals surface area contributed by atoms with Crippen molar-refractivity contribution in [3.63, 3.8) is 0 Å². The third-order valence-corrected chi connectivity index (χ3v) is 8.27. The molecular weight excluding hydrogens is 516 g/mol. The third-order valence-electron chi connectivity index (χ3n) is 7.03. The molecule has 4 aromatic rings. The van der Waals surface area contributed by atoms with E-state index in [0.717, 1.165) is 28.3 Å². The highest BCUT2D eigenvalue weighted by Gasteiger charge is 2.34. The first-order valence-electron chi connectivity index (χ1n) is 13.0. The van der Waals surface area contributed by atoms with E-state index in [1.807, 2.05) is 78.6 Å². The fourth-order valence-corrected chi connectivity index (χ4v) is 6.21. The second-order valence-corrected chi connectivity index (χ2v) is 10.8. The van der Waals surface area contributed by atoms with Gasteiger partial charge in [0.2, 0.25) is 5.91 Å². The first kappa shape index (κ1) is 26.4. The number of amides is 2. The number of benzene rings is 3. The van der Waals surface area contributed by atoms with Crippen molar-refractivity contribution in [3.05, 3.63) is 105 Å². The number of halogens is 1. The van der Waals surface area contributed by atoms with E-state index in [-0.39, 0.29) is 24.4 Å². The maximum Gasteiger partial charge on any atom is 0.254 e. The molecule has 0 fully saturated rings. The van der Waals surface area contributed by atoms with Crippen LogP contribution in [0.4, 0.5) is 0 Å². The summed E-state index contributed by atoms with van der Waals surface area (Å²) < 4.78 is 5.53. The Kier molecular flexibility index (Phi) is 8.42. The van der Waals surface area contributed by atoms with Crippen molar-refractivity contribution in [1.29, 1.82) is 0 Å². The van der Waals surface area contributed by atoms with E-state index >= 15 is 0 Å². The minimum atomic E-state index is -0.201. The Hall–Kier alpha value is -3.19. The summed E-state index contributed by atoms with van der Waals surface area (Å²) in [6, 6.07) is 23.2. The van der Waals surface area contributed by atoms with Crippen LogP contribution in [-0.2, 0) is 16.0 Å². The van der Waals surface area contributed by atoms with E-state index < -0.39 is 0 Å². The van der Waals surface area contributed by atoms with Crippen molar-refractivity contribution in [3.8, 4) is 0 Å². The number of carbonyl (C=O) groups excluding carboxylic acids is 2. The van der Waals surface area contributed by atoms with Crippen molar-refractivity contribution in [1.82, 2.24) is 9.80 Å². The van der Waals surface area contributed by atoms with Gasteiger partial charge in [-0.15, -0.1) is 11.3 Å². The summed E-state index contributed by atoms with van der Waals surface area (Å²) in [5.41, 5.74) is 2.78. The van der Waals surface area contributed by atoms with Crippen LogP contribution in [0.1, 0.15) is 45.7 Å². The predicted molar refractivity (Wildman–Crippen MR) is 154 cm³/mol. The van der Waals surface area contributed by atoms with Gasteiger partial charge in [-0.2, -0.15) is 0 Å². The average molecular weight is 547 g/mol. The van der Waals surface area contributed by atoms with Crippen LogP contribution in [-0.4, -0.2) is 54.5 Å². The highest BCUT2D eigenvalue weighted by atomic mass is 35.5. The summed E-state index contributed by atoms with van der Waals surface area (Å²) in [7, 11) is 0. The van der Waals surface area contributed by atoms with E-state index in [2.05, 4.69) is 11.4 Å². The SMILES string of the molecule is CCOCCCN(CC(=O)N1CCc2sccc2C1c1ccc(Cl)cc1)C(=O)c1cccc2ccccc12. The Balaban J connectivity index is 1.44. The standard InChI is InChI=1S/C31H31ClN2O3S/c1-2-37-19-6-17-33(31(36)26-10-5-8-22-7-3-4-9-25(22)26)21-29(35)34-18-15-28-27(16-20-38-28)30(34)23-11-13-24(32)14-12-23/h3-5,7-14,16,20,30H,2,6,15,17-19,21H2,1H3. The Labute approximate surface area is 232 Å². The largest absolute Gasteiger partial charge is 0.382 e. The molecule has 1 unspecified atom stereocenters. The second-order valence-electron chi connectivity index (χ2n) is 9.39. The zero-order valence-electron chi connectivity index (χ0n) is 21.4. The van der Waals surface area contributed by atoms with Gasteiger partial charge in [0.15, 0.2) is 0 Å². The van der Waals surface area contributed by atoms with Gasteiger partial charge in [0.05, 0.1) is 6.04 Å². The van der Waals surface area contributed by atoms with E-state index in [4.69, 9.17) is 16.3 Å². The van der Waals surface area contributed by atoms with Gasteiger partial charge in [-0.1, -0.05) is 60.1 Å². The first-order chi connectivity index (χ1) is 18.6. The van der Waals surface area contributed by atoms with E-state index in [1.54, 1.807) is 16.2 Å². The number of fused-ring (bicyclic) bond motifs is 2. The predicted octanol–water partition coefficient (Wildman–Crippen LogP) is 6.60. The summed E-state index contributed by atoms with van der Waals surface area (Å²) >= 11 is 7.90. The summed E-state index contributed by atoms with van der Waals surface area (Å²) in [5, 5.41) is 4.64. The Bertz CT molecular complexity index is 1410. The molecule has 0 N–H and O–H groups in total. The zero-order valence-corrected chi connectivity index (χ0v) is 23.0. The fraction of sp³-hybridized carbons (Fsp3) is 0.290. The molecule has 1 aliphatic heterocycles. The second kappa shape index (κ2) is 12.1. The topological polar surface area (TPSA) is 49.9 Å². The van der Waals surface area contributed by atoms with Crippen LogP contribution in [0.5, 0.6) is 0 Å². The van der Waals surface area contributed by atoms with Crippen LogP contribution in [0.15, 0.2) is 78.2 Å². The number of carbonyl (C=O) groups is 2. The Morgan fingerprint density at radius 1 is 1.05 bits per heavy atom. The summed E-state index contributed by atoms with van der Waals surface area (Å²) in [4.78, 5) is 32.8. The molecule has 0 bridgehead atoms. The molecule has 0 radical (unpaired) electrons. The molecule has 1 atom stereocenters. The molecule has 5 nitrogen and oxygen atoms in total. The molecule has 3 aromatic carbocycles. The molecule has 0 aliphatic carbocycles. The number of hydrogen-bond donors (Lipinski definition) is 0. The molecule has 38 heavy (non-hydrogen) atoms. The Morgan fingerprint density at radius 2 is 1.84 bits per heavy atom. The fourth-order valence-electron chi connectivity index (χ4n) is 5.18.